The van der Waals surface area contributed by atoms with E-state index in [9.17, 15) is 4.79 Å². The van der Waals surface area contributed by atoms with E-state index in [2.05, 4.69) is 10.2 Å². The van der Waals surface area contributed by atoms with Crippen LogP contribution in [0.4, 0.5) is 11.4 Å². The van der Waals surface area contributed by atoms with Crippen molar-refractivity contribution in [1.82, 2.24) is 0 Å². The summed E-state index contributed by atoms with van der Waals surface area (Å²) in [5.74, 6) is 2.61. The highest BCUT2D eigenvalue weighted by Crippen LogP contribution is 2.39. The molecule has 32 heavy (non-hydrogen) atoms. The second-order valence-electron chi connectivity index (χ2n) is 8.01. The molecule has 172 valence electrons. The summed E-state index contributed by atoms with van der Waals surface area (Å²) < 4.78 is 23.0. The van der Waals surface area contributed by atoms with Gasteiger partial charge in [-0.3, -0.25) is 4.79 Å². The molecule has 2 aromatic carbocycles. The van der Waals surface area contributed by atoms with Gasteiger partial charge < -0.3 is 29.2 Å². The standard InChI is InChI=1S/C25H32N2O5/c1-3-30-23-16-22(27-11-13-29-14-12-27)24(31-4-2)15-21(23)26-25(28)19-7-9-20(10-8-19)32-17-18-5-6-18/h7-10,15-16,18H,3-6,11-14,17H2,1-2H3,(H,26,28). The molecule has 7 heteroatoms. The third-order valence-corrected chi connectivity index (χ3v) is 5.56. The average Bonchev–Trinajstić information content (AvgIpc) is 3.65. The molecule has 2 fully saturated rings. The number of rotatable bonds is 10. The number of morpholine rings is 1. The van der Waals surface area contributed by atoms with Gasteiger partial charge >= 0.3 is 0 Å². The summed E-state index contributed by atoms with van der Waals surface area (Å²) >= 11 is 0. The van der Waals surface area contributed by atoms with Gasteiger partial charge in [0, 0.05) is 30.8 Å². The van der Waals surface area contributed by atoms with Crippen LogP contribution in [0.15, 0.2) is 36.4 Å². The predicted octanol–water partition coefficient (Wildman–Crippen LogP) is 4.36. The van der Waals surface area contributed by atoms with Gasteiger partial charge in [-0.15, -0.1) is 0 Å². The summed E-state index contributed by atoms with van der Waals surface area (Å²) in [6.45, 7) is 8.57. The molecule has 1 aliphatic carbocycles. The molecule has 1 heterocycles. The van der Waals surface area contributed by atoms with Crippen LogP contribution in [0.5, 0.6) is 17.2 Å². The van der Waals surface area contributed by atoms with E-state index in [-0.39, 0.29) is 5.91 Å². The second-order valence-corrected chi connectivity index (χ2v) is 8.01. The largest absolute Gasteiger partial charge is 0.493 e. The van der Waals surface area contributed by atoms with Crippen molar-refractivity contribution in [3.05, 3.63) is 42.0 Å². The number of hydrogen-bond donors (Lipinski definition) is 1. The van der Waals surface area contributed by atoms with Crippen LogP contribution in [0.2, 0.25) is 0 Å². The van der Waals surface area contributed by atoms with Crippen LogP contribution in [0.1, 0.15) is 37.0 Å². The summed E-state index contributed by atoms with van der Waals surface area (Å²) in [7, 11) is 0. The number of carbonyl (C=O) groups is 1. The number of nitrogens with one attached hydrogen (secondary N) is 1. The van der Waals surface area contributed by atoms with E-state index in [1.54, 1.807) is 12.1 Å². The monoisotopic (exact) mass is 440 g/mol. The highest BCUT2D eigenvalue weighted by Gasteiger charge is 2.22. The molecule has 1 saturated carbocycles. The third-order valence-electron chi connectivity index (χ3n) is 5.56. The van der Waals surface area contributed by atoms with Crippen LogP contribution in [-0.2, 0) is 4.74 Å². The third kappa shape index (κ3) is 5.65. The topological polar surface area (TPSA) is 69.3 Å². The van der Waals surface area contributed by atoms with E-state index in [0.717, 1.165) is 36.9 Å². The summed E-state index contributed by atoms with van der Waals surface area (Å²) in [5, 5.41) is 2.99. The molecule has 0 spiro atoms. The lowest BCUT2D eigenvalue weighted by Gasteiger charge is -2.31. The fraction of sp³-hybridized carbons (Fsp3) is 0.480. The Morgan fingerprint density at radius 2 is 1.69 bits per heavy atom. The van der Waals surface area contributed by atoms with E-state index < -0.39 is 0 Å². The molecule has 1 aliphatic heterocycles. The molecule has 2 aromatic rings. The molecular weight excluding hydrogens is 408 g/mol. The van der Waals surface area contributed by atoms with Gasteiger partial charge in [0.2, 0.25) is 0 Å². The predicted molar refractivity (Wildman–Crippen MR) is 124 cm³/mol. The second kappa shape index (κ2) is 10.6. The van der Waals surface area contributed by atoms with Crippen molar-refractivity contribution < 1.29 is 23.7 Å². The Kier molecular flexibility index (Phi) is 7.37. The van der Waals surface area contributed by atoms with Crippen LogP contribution in [0.25, 0.3) is 0 Å². The summed E-state index contributed by atoms with van der Waals surface area (Å²) in [6.07, 6.45) is 2.49. The van der Waals surface area contributed by atoms with E-state index in [0.29, 0.717) is 49.3 Å². The first kappa shape index (κ1) is 22.3. The SMILES string of the molecule is CCOc1cc(N2CCOCC2)c(OCC)cc1NC(=O)c1ccc(OCC2CC2)cc1. The molecular formula is C25H32N2O5. The quantitative estimate of drug-likeness (QED) is 0.592. The van der Waals surface area contributed by atoms with Gasteiger partial charge in [0.25, 0.3) is 5.91 Å². The summed E-state index contributed by atoms with van der Waals surface area (Å²) in [4.78, 5) is 15.2. The Bertz CT molecular complexity index is 905. The summed E-state index contributed by atoms with van der Waals surface area (Å²) in [5.41, 5.74) is 2.10. The molecule has 2 aliphatic rings. The minimum Gasteiger partial charge on any atom is -0.493 e. The van der Waals surface area contributed by atoms with Gasteiger partial charge in [0.1, 0.15) is 17.2 Å². The first-order valence-corrected chi connectivity index (χ1v) is 11.5. The zero-order valence-electron chi connectivity index (χ0n) is 18.9. The average molecular weight is 441 g/mol. The maximum Gasteiger partial charge on any atom is 0.255 e. The van der Waals surface area contributed by atoms with Gasteiger partial charge in [0.15, 0.2) is 0 Å². The Balaban J connectivity index is 1.52. The molecule has 0 radical (unpaired) electrons. The fourth-order valence-electron chi connectivity index (χ4n) is 3.64. The first-order chi connectivity index (χ1) is 15.7. The number of nitrogens with zero attached hydrogens (tertiary/aromatic N) is 1. The van der Waals surface area contributed by atoms with Crippen molar-refractivity contribution in [2.75, 3.05) is 56.3 Å². The van der Waals surface area contributed by atoms with Crippen molar-refractivity contribution in [2.24, 2.45) is 5.92 Å². The van der Waals surface area contributed by atoms with Crippen LogP contribution in [0.3, 0.4) is 0 Å². The van der Waals surface area contributed by atoms with Crippen LogP contribution >= 0.6 is 0 Å². The van der Waals surface area contributed by atoms with Crippen LogP contribution in [-0.4, -0.2) is 52.0 Å². The maximum absolute atomic E-state index is 12.9. The number of ether oxygens (including phenoxy) is 4. The molecule has 1 N–H and O–H groups in total. The normalized spacial score (nSPS) is 15.9. The zero-order chi connectivity index (χ0) is 22.3. The van der Waals surface area contributed by atoms with Gasteiger partial charge in [-0.2, -0.15) is 0 Å². The Labute approximate surface area is 189 Å². The van der Waals surface area contributed by atoms with Crippen LogP contribution in [0, 0.1) is 5.92 Å². The molecule has 0 unspecified atom stereocenters. The molecule has 4 rings (SSSR count). The lowest BCUT2D eigenvalue weighted by Crippen LogP contribution is -2.36. The van der Waals surface area contributed by atoms with Gasteiger partial charge in [-0.05, 0) is 56.9 Å². The smallest absolute Gasteiger partial charge is 0.255 e. The molecule has 7 nitrogen and oxygen atoms in total. The fourth-order valence-corrected chi connectivity index (χ4v) is 3.64. The minimum atomic E-state index is -0.207. The van der Waals surface area contributed by atoms with E-state index >= 15 is 0 Å². The minimum absolute atomic E-state index is 0.207. The Morgan fingerprint density at radius 3 is 2.34 bits per heavy atom. The zero-order valence-corrected chi connectivity index (χ0v) is 18.9. The molecule has 1 saturated heterocycles. The molecule has 0 bridgehead atoms. The van der Waals surface area contributed by atoms with Crippen molar-refractivity contribution in [2.45, 2.75) is 26.7 Å². The van der Waals surface area contributed by atoms with Crippen molar-refractivity contribution in [3.63, 3.8) is 0 Å². The molecule has 0 aromatic heterocycles. The van der Waals surface area contributed by atoms with Crippen molar-refractivity contribution in [1.29, 1.82) is 0 Å². The van der Waals surface area contributed by atoms with Gasteiger partial charge in [-0.1, -0.05) is 0 Å². The van der Waals surface area contributed by atoms with Gasteiger partial charge in [-0.25, -0.2) is 0 Å². The lowest BCUT2D eigenvalue weighted by atomic mass is 10.1. The molecule has 0 atom stereocenters. The number of anilines is 2. The first-order valence-electron chi connectivity index (χ1n) is 11.5. The Morgan fingerprint density at radius 1 is 1.00 bits per heavy atom. The van der Waals surface area contributed by atoms with E-state index in [4.69, 9.17) is 18.9 Å². The van der Waals surface area contributed by atoms with Gasteiger partial charge in [0.05, 0.1) is 44.4 Å². The van der Waals surface area contributed by atoms with E-state index in [1.165, 1.54) is 12.8 Å². The maximum atomic E-state index is 12.9. The van der Waals surface area contributed by atoms with E-state index in [1.807, 2.05) is 38.1 Å². The lowest BCUT2D eigenvalue weighted by molar-refractivity contribution is 0.102. The highest BCUT2D eigenvalue weighted by molar-refractivity contribution is 6.05. The van der Waals surface area contributed by atoms with Crippen LogP contribution < -0.4 is 24.4 Å². The van der Waals surface area contributed by atoms with Crippen molar-refractivity contribution >= 4 is 17.3 Å². The summed E-state index contributed by atoms with van der Waals surface area (Å²) in [6, 6.07) is 11.0. The number of benzene rings is 2. The number of carbonyl (C=O) groups excluding carboxylic acids is 1. The number of amides is 1. The molecule has 1 amide bonds. The number of hydrogen-bond acceptors (Lipinski definition) is 6. The van der Waals surface area contributed by atoms with Crippen molar-refractivity contribution in [3.8, 4) is 17.2 Å². The Hall–Kier alpha value is -2.93. The highest BCUT2D eigenvalue weighted by atomic mass is 16.5.